The fourth-order valence-electron chi connectivity index (χ4n) is 2.10. The Kier molecular flexibility index (Phi) is 4.30. The first kappa shape index (κ1) is 14.4. The summed E-state index contributed by atoms with van der Waals surface area (Å²) in [6.45, 7) is 1.98. The highest BCUT2D eigenvalue weighted by molar-refractivity contribution is 6.31. The van der Waals surface area contributed by atoms with E-state index in [9.17, 15) is 4.79 Å². The molecule has 2 N–H and O–H groups in total. The lowest BCUT2D eigenvalue weighted by molar-refractivity contribution is 0.0993. The van der Waals surface area contributed by atoms with E-state index in [4.69, 9.17) is 22.1 Å². The summed E-state index contributed by atoms with van der Waals surface area (Å²) in [5.74, 6) is 0.652. The highest BCUT2D eigenvalue weighted by Gasteiger charge is 2.14. The van der Waals surface area contributed by atoms with Crippen LogP contribution >= 0.6 is 11.6 Å². The third-order valence-electron chi connectivity index (χ3n) is 3.10. The zero-order chi connectivity index (χ0) is 14.7. The van der Waals surface area contributed by atoms with Gasteiger partial charge >= 0.3 is 0 Å². The number of rotatable bonds is 4. The van der Waals surface area contributed by atoms with Gasteiger partial charge in [0.15, 0.2) is 5.78 Å². The van der Waals surface area contributed by atoms with E-state index in [1.165, 1.54) is 0 Å². The van der Waals surface area contributed by atoms with Crippen molar-refractivity contribution in [1.82, 2.24) is 0 Å². The van der Waals surface area contributed by atoms with Gasteiger partial charge in [0.05, 0.1) is 7.11 Å². The first-order chi connectivity index (χ1) is 9.51. The van der Waals surface area contributed by atoms with Gasteiger partial charge in [0, 0.05) is 28.3 Å². The monoisotopic (exact) mass is 289 g/mol. The molecule has 2 rings (SSSR count). The Morgan fingerprint density at radius 3 is 2.65 bits per heavy atom. The number of nitrogens with two attached hydrogens (primary N) is 1. The lowest BCUT2D eigenvalue weighted by atomic mass is 9.99. The maximum Gasteiger partial charge on any atom is 0.169 e. The number of benzene rings is 2. The summed E-state index contributed by atoms with van der Waals surface area (Å²) in [5.41, 5.74) is 8.66. The highest BCUT2D eigenvalue weighted by atomic mass is 35.5. The molecule has 0 aliphatic carbocycles. The van der Waals surface area contributed by atoms with Crippen LogP contribution in [-0.2, 0) is 6.42 Å². The van der Waals surface area contributed by atoms with E-state index >= 15 is 0 Å². The second-order valence-electron chi connectivity index (χ2n) is 4.65. The van der Waals surface area contributed by atoms with Crippen LogP contribution in [0.4, 0.5) is 5.69 Å². The molecule has 0 saturated carbocycles. The predicted molar refractivity (Wildman–Crippen MR) is 81.6 cm³/mol. The van der Waals surface area contributed by atoms with Gasteiger partial charge in [-0.2, -0.15) is 0 Å². The number of carbonyl (C=O) groups excluding carboxylic acids is 1. The molecule has 0 spiro atoms. The zero-order valence-corrected chi connectivity index (χ0v) is 12.2. The molecule has 0 saturated heterocycles. The van der Waals surface area contributed by atoms with Crippen LogP contribution in [0.3, 0.4) is 0 Å². The van der Waals surface area contributed by atoms with Crippen molar-refractivity contribution in [3.8, 4) is 5.75 Å². The number of nitrogen functional groups attached to an aromatic ring is 1. The van der Waals surface area contributed by atoms with Crippen LogP contribution in [0, 0.1) is 6.92 Å². The van der Waals surface area contributed by atoms with Crippen molar-refractivity contribution in [3.05, 3.63) is 58.1 Å². The first-order valence-corrected chi connectivity index (χ1v) is 6.61. The summed E-state index contributed by atoms with van der Waals surface area (Å²) >= 11 is 5.84. The van der Waals surface area contributed by atoms with Crippen LogP contribution in [0.1, 0.15) is 21.5 Å². The Bertz CT molecular complexity index is 653. The molecule has 20 heavy (non-hydrogen) atoms. The largest absolute Gasteiger partial charge is 0.496 e. The normalized spacial score (nSPS) is 10.3. The van der Waals surface area contributed by atoms with Crippen molar-refractivity contribution in [2.24, 2.45) is 0 Å². The Morgan fingerprint density at radius 2 is 2.00 bits per heavy atom. The SMILES string of the molecule is COc1ccc(C)cc1CC(=O)c1ccc(Cl)cc1N. The van der Waals surface area contributed by atoms with Crippen molar-refractivity contribution in [1.29, 1.82) is 0 Å². The third-order valence-corrected chi connectivity index (χ3v) is 3.34. The molecule has 0 radical (unpaired) electrons. The topological polar surface area (TPSA) is 52.3 Å². The van der Waals surface area contributed by atoms with E-state index in [-0.39, 0.29) is 12.2 Å². The van der Waals surface area contributed by atoms with Crippen molar-refractivity contribution in [2.45, 2.75) is 13.3 Å². The molecule has 2 aromatic rings. The van der Waals surface area contributed by atoms with Crippen LogP contribution in [0.5, 0.6) is 5.75 Å². The molecule has 0 amide bonds. The number of halogens is 1. The molecule has 4 heteroatoms. The van der Waals surface area contributed by atoms with Gasteiger partial charge in [0.1, 0.15) is 5.75 Å². The van der Waals surface area contributed by atoms with E-state index in [1.54, 1.807) is 25.3 Å². The first-order valence-electron chi connectivity index (χ1n) is 6.23. The van der Waals surface area contributed by atoms with E-state index in [1.807, 2.05) is 25.1 Å². The summed E-state index contributed by atoms with van der Waals surface area (Å²) in [4.78, 5) is 12.3. The van der Waals surface area contributed by atoms with Crippen molar-refractivity contribution >= 4 is 23.1 Å². The van der Waals surface area contributed by atoms with E-state index < -0.39 is 0 Å². The van der Waals surface area contributed by atoms with Gasteiger partial charge < -0.3 is 10.5 Å². The number of ketones is 1. The molecule has 104 valence electrons. The number of carbonyl (C=O) groups is 1. The predicted octanol–water partition coefficient (Wildman–Crippen LogP) is 3.66. The maximum absolute atomic E-state index is 12.3. The molecule has 3 nitrogen and oxygen atoms in total. The smallest absolute Gasteiger partial charge is 0.169 e. The highest BCUT2D eigenvalue weighted by Crippen LogP contribution is 2.24. The van der Waals surface area contributed by atoms with Gasteiger partial charge in [-0.3, -0.25) is 4.79 Å². The third kappa shape index (κ3) is 3.11. The summed E-state index contributed by atoms with van der Waals surface area (Å²) in [7, 11) is 1.59. The van der Waals surface area contributed by atoms with Gasteiger partial charge in [-0.15, -0.1) is 0 Å². The molecule has 0 unspecified atom stereocenters. The number of hydrogen-bond donors (Lipinski definition) is 1. The molecular formula is C16H16ClNO2. The Balaban J connectivity index is 2.30. The van der Waals surface area contributed by atoms with Gasteiger partial charge in [0.2, 0.25) is 0 Å². The molecule has 0 bridgehead atoms. The molecule has 0 heterocycles. The fourth-order valence-corrected chi connectivity index (χ4v) is 2.28. The Hall–Kier alpha value is -2.00. The number of methoxy groups -OCH3 is 1. The molecule has 0 fully saturated rings. The van der Waals surface area contributed by atoms with Crippen LogP contribution in [-0.4, -0.2) is 12.9 Å². The summed E-state index contributed by atoms with van der Waals surface area (Å²) in [6.07, 6.45) is 0.247. The number of ether oxygens (including phenoxy) is 1. The minimum absolute atomic E-state index is 0.0527. The number of anilines is 1. The standard InChI is InChI=1S/C16H16ClNO2/c1-10-3-6-16(20-2)11(7-10)8-15(19)13-5-4-12(17)9-14(13)18/h3-7,9H,8,18H2,1-2H3. The summed E-state index contributed by atoms with van der Waals surface area (Å²) in [6, 6.07) is 10.7. The van der Waals surface area contributed by atoms with E-state index in [0.717, 1.165) is 11.1 Å². The molecular weight excluding hydrogens is 274 g/mol. The molecule has 2 aromatic carbocycles. The molecule has 0 atom stereocenters. The number of hydrogen-bond acceptors (Lipinski definition) is 3. The fraction of sp³-hybridized carbons (Fsp3) is 0.188. The van der Waals surface area contributed by atoms with Gasteiger partial charge in [-0.1, -0.05) is 29.3 Å². The lowest BCUT2D eigenvalue weighted by Crippen LogP contribution is -2.08. The number of Topliss-reactive ketones (excluding diaryl/α,β-unsaturated/α-hetero) is 1. The van der Waals surface area contributed by atoms with E-state index in [2.05, 4.69) is 0 Å². The Labute approximate surface area is 123 Å². The van der Waals surface area contributed by atoms with Crippen molar-refractivity contribution < 1.29 is 9.53 Å². The average Bonchev–Trinajstić information content (AvgIpc) is 2.38. The second-order valence-corrected chi connectivity index (χ2v) is 5.08. The van der Waals surface area contributed by atoms with Gasteiger partial charge in [0.25, 0.3) is 0 Å². The van der Waals surface area contributed by atoms with Crippen molar-refractivity contribution in [2.75, 3.05) is 12.8 Å². The van der Waals surface area contributed by atoms with Crippen LogP contribution < -0.4 is 10.5 Å². The quantitative estimate of drug-likeness (QED) is 0.690. The minimum Gasteiger partial charge on any atom is -0.496 e. The van der Waals surface area contributed by atoms with Gasteiger partial charge in [-0.05, 0) is 31.2 Å². The molecule has 0 aliphatic heterocycles. The zero-order valence-electron chi connectivity index (χ0n) is 11.4. The van der Waals surface area contributed by atoms with Crippen LogP contribution in [0.15, 0.2) is 36.4 Å². The summed E-state index contributed by atoms with van der Waals surface area (Å²) in [5, 5.41) is 0.521. The van der Waals surface area contributed by atoms with Crippen LogP contribution in [0.25, 0.3) is 0 Å². The second kappa shape index (κ2) is 5.97. The van der Waals surface area contributed by atoms with Gasteiger partial charge in [-0.25, -0.2) is 0 Å². The Morgan fingerprint density at radius 1 is 1.25 bits per heavy atom. The summed E-state index contributed by atoms with van der Waals surface area (Å²) < 4.78 is 5.28. The maximum atomic E-state index is 12.3. The molecule has 0 aromatic heterocycles. The minimum atomic E-state index is -0.0527. The van der Waals surface area contributed by atoms with E-state index in [0.29, 0.717) is 22.0 Å². The number of aryl methyl sites for hydroxylation is 1. The lowest BCUT2D eigenvalue weighted by Gasteiger charge is -2.10. The average molecular weight is 290 g/mol. The van der Waals surface area contributed by atoms with Crippen molar-refractivity contribution in [3.63, 3.8) is 0 Å². The molecule has 0 aliphatic rings. The van der Waals surface area contributed by atoms with Crippen LogP contribution in [0.2, 0.25) is 5.02 Å².